The van der Waals surface area contributed by atoms with Gasteiger partial charge in [0.05, 0.1) is 0 Å². The molecule has 2 nitrogen and oxygen atoms in total. The number of aryl methyl sites for hydroxylation is 1. The first-order chi connectivity index (χ1) is 7.57. The van der Waals surface area contributed by atoms with Gasteiger partial charge >= 0.3 is 0 Å². The van der Waals surface area contributed by atoms with Gasteiger partial charge in [0.2, 0.25) is 0 Å². The molecule has 1 aromatic heterocycles. The minimum atomic E-state index is 0.529. The van der Waals surface area contributed by atoms with Crippen LogP contribution in [0.4, 0.5) is 0 Å². The fourth-order valence-electron chi connectivity index (χ4n) is 2.55. The maximum absolute atomic E-state index is 4.18. The standard InChI is InChI=1S/C14H22N2/c1-11-5-7-15-9-12(11)10-16-13-4-6-14(2,3)8-13/h5,7,9,13,16H,4,6,8,10H2,1-3H3. The topological polar surface area (TPSA) is 24.9 Å². The van der Waals surface area contributed by atoms with Crippen LogP contribution in [0.15, 0.2) is 18.5 Å². The summed E-state index contributed by atoms with van der Waals surface area (Å²) in [7, 11) is 0. The number of rotatable bonds is 3. The van der Waals surface area contributed by atoms with E-state index < -0.39 is 0 Å². The molecule has 1 aromatic rings. The summed E-state index contributed by atoms with van der Waals surface area (Å²) in [6.45, 7) is 7.84. The Morgan fingerprint density at radius 1 is 1.50 bits per heavy atom. The lowest BCUT2D eigenvalue weighted by Crippen LogP contribution is -2.27. The maximum atomic E-state index is 4.18. The van der Waals surface area contributed by atoms with E-state index in [9.17, 15) is 0 Å². The highest BCUT2D eigenvalue weighted by molar-refractivity contribution is 5.21. The molecule has 88 valence electrons. The second kappa shape index (κ2) is 4.54. The number of hydrogen-bond acceptors (Lipinski definition) is 2. The summed E-state index contributed by atoms with van der Waals surface area (Å²) in [5.74, 6) is 0. The summed E-state index contributed by atoms with van der Waals surface area (Å²) in [5, 5.41) is 3.65. The molecule has 1 N–H and O–H groups in total. The Balaban J connectivity index is 1.87. The van der Waals surface area contributed by atoms with Crippen molar-refractivity contribution < 1.29 is 0 Å². The zero-order valence-corrected chi connectivity index (χ0v) is 10.6. The molecule has 16 heavy (non-hydrogen) atoms. The number of nitrogens with one attached hydrogen (secondary N) is 1. The van der Waals surface area contributed by atoms with Gasteiger partial charge in [-0.15, -0.1) is 0 Å². The molecule has 2 heteroatoms. The van der Waals surface area contributed by atoms with Gasteiger partial charge in [0, 0.05) is 25.0 Å². The van der Waals surface area contributed by atoms with Crippen LogP contribution in [0.1, 0.15) is 44.2 Å². The van der Waals surface area contributed by atoms with E-state index in [0.29, 0.717) is 11.5 Å². The minimum Gasteiger partial charge on any atom is -0.310 e. The second-order valence-corrected chi connectivity index (χ2v) is 5.79. The van der Waals surface area contributed by atoms with E-state index in [4.69, 9.17) is 0 Å². The van der Waals surface area contributed by atoms with Gasteiger partial charge in [-0.05, 0) is 48.8 Å². The average Bonchev–Trinajstić information content (AvgIpc) is 2.57. The average molecular weight is 218 g/mol. The Morgan fingerprint density at radius 3 is 2.94 bits per heavy atom. The van der Waals surface area contributed by atoms with Crippen molar-refractivity contribution in [2.75, 3.05) is 0 Å². The van der Waals surface area contributed by atoms with Gasteiger partial charge < -0.3 is 5.32 Å². The van der Waals surface area contributed by atoms with E-state index in [2.05, 4.69) is 37.1 Å². The highest BCUT2D eigenvalue weighted by Gasteiger charge is 2.30. The molecule has 1 heterocycles. The van der Waals surface area contributed by atoms with E-state index in [1.807, 2.05) is 12.4 Å². The Hall–Kier alpha value is -0.890. The smallest absolute Gasteiger partial charge is 0.0315 e. The molecule has 0 radical (unpaired) electrons. The zero-order valence-electron chi connectivity index (χ0n) is 10.6. The van der Waals surface area contributed by atoms with Gasteiger partial charge in [-0.1, -0.05) is 13.8 Å². The van der Waals surface area contributed by atoms with Crippen molar-refractivity contribution in [1.82, 2.24) is 10.3 Å². The molecular weight excluding hydrogens is 196 g/mol. The molecule has 1 aliphatic rings. The summed E-state index contributed by atoms with van der Waals surface area (Å²) in [6, 6.07) is 2.77. The molecule has 1 saturated carbocycles. The lowest BCUT2D eigenvalue weighted by atomic mass is 9.92. The monoisotopic (exact) mass is 218 g/mol. The largest absolute Gasteiger partial charge is 0.310 e. The van der Waals surface area contributed by atoms with Crippen LogP contribution in [0.5, 0.6) is 0 Å². The Labute approximate surface area is 98.5 Å². The first kappa shape index (κ1) is 11.6. The quantitative estimate of drug-likeness (QED) is 0.843. The molecule has 0 saturated heterocycles. The molecule has 0 aromatic carbocycles. The fraction of sp³-hybridized carbons (Fsp3) is 0.643. The van der Waals surface area contributed by atoms with E-state index >= 15 is 0 Å². The molecule has 1 fully saturated rings. The van der Waals surface area contributed by atoms with Crippen LogP contribution >= 0.6 is 0 Å². The minimum absolute atomic E-state index is 0.529. The molecule has 0 amide bonds. The fourth-order valence-corrected chi connectivity index (χ4v) is 2.55. The first-order valence-electron chi connectivity index (χ1n) is 6.20. The highest BCUT2D eigenvalue weighted by Crippen LogP contribution is 2.36. The number of hydrogen-bond donors (Lipinski definition) is 1. The summed E-state index contributed by atoms with van der Waals surface area (Å²) >= 11 is 0. The third-order valence-corrected chi connectivity index (χ3v) is 3.70. The zero-order chi connectivity index (χ0) is 11.6. The molecule has 0 aliphatic heterocycles. The predicted octanol–water partition coefficient (Wildman–Crippen LogP) is 3.06. The normalized spacial score (nSPS) is 23.6. The van der Waals surface area contributed by atoms with Gasteiger partial charge in [-0.2, -0.15) is 0 Å². The lowest BCUT2D eigenvalue weighted by Gasteiger charge is -2.18. The van der Waals surface area contributed by atoms with Gasteiger partial charge in [0.15, 0.2) is 0 Å². The number of aromatic nitrogens is 1. The number of pyridine rings is 1. The molecular formula is C14H22N2. The first-order valence-corrected chi connectivity index (χ1v) is 6.20. The van der Waals surface area contributed by atoms with Crippen LogP contribution in [0, 0.1) is 12.3 Å². The SMILES string of the molecule is Cc1ccncc1CNC1CCC(C)(C)C1. The van der Waals surface area contributed by atoms with E-state index in [1.54, 1.807) is 0 Å². The van der Waals surface area contributed by atoms with Crippen LogP contribution < -0.4 is 5.32 Å². The molecule has 2 rings (SSSR count). The van der Waals surface area contributed by atoms with Crippen molar-refractivity contribution in [2.24, 2.45) is 5.41 Å². The van der Waals surface area contributed by atoms with Crippen molar-refractivity contribution in [2.45, 2.75) is 52.6 Å². The van der Waals surface area contributed by atoms with Crippen LogP contribution in [-0.2, 0) is 6.54 Å². The molecule has 1 unspecified atom stereocenters. The summed E-state index contributed by atoms with van der Waals surface area (Å²) in [4.78, 5) is 4.18. The van der Waals surface area contributed by atoms with Gasteiger partial charge in [-0.3, -0.25) is 4.98 Å². The molecule has 0 bridgehead atoms. The van der Waals surface area contributed by atoms with Crippen molar-refractivity contribution >= 4 is 0 Å². The van der Waals surface area contributed by atoms with Crippen LogP contribution in [0.25, 0.3) is 0 Å². The molecule has 0 spiro atoms. The van der Waals surface area contributed by atoms with E-state index in [-0.39, 0.29) is 0 Å². The Morgan fingerprint density at radius 2 is 2.31 bits per heavy atom. The molecule has 1 aliphatic carbocycles. The van der Waals surface area contributed by atoms with Crippen molar-refractivity contribution in [3.63, 3.8) is 0 Å². The second-order valence-electron chi connectivity index (χ2n) is 5.79. The van der Waals surface area contributed by atoms with E-state index in [1.165, 1.54) is 30.4 Å². The lowest BCUT2D eigenvalue weighted by molar-refractivity contribution is 0.364. The Kier molecular flexibility index (Phi) is 3.29. The summed E-state index contributed by atoms with van der Waals surface area (Å²) in [5.41, 5.74) is 3.19. The van der Waals surface area contributed by atoms with Crippen molar-refractivity contribution in [1.29, 1.82) is 0 Å². The van der Waals surface area contributed by atoms with Gasteiger partial charge in [-0.25, -0.2) is 0 Å². The van der Waals surface area contributed by atoms with E-state index in [0.717, 1.165) is 6.54 Å². The van der Waals surface area contributed by atoms with Crippen molar-refractivity contribution in [3.8, 4) is 0 Å². The summed E-state index contributed by atoms with van der Waals surface area (Å²) < 4.78 is 0. The van der Waals surface area contributed by atoms with Crippen LogP contribution in [0.3, 0.4) is 0 Å². The number of nitrogens with zero attached hydrogens (tertiary/aromatic N) is 1. The third kappa shape index (κ3) is 2.82. The van der Waals surface area contributed by atoms with Gasteiger partial charge in [0.1, 0.15) is 0 Å². The predicted molar refractivity (Wildman–Crippen MR) is 67.2 cm³/mol. The third-order valence-electron chi connectivity index (χ3n) is 3.70. The van der Waals surface area contributed by atoms with Gasteiger partial charge in [0.25, 0.3) is 0 Å². The highest BCUT2D eigenvalue weighted by atomic mass is 14.9. The van der Waals surface area contributed by atoms with Crippen LogP contribution in [-0.4, -0.2) is 11.0 Å². The maximum Gasteiger partial charge on any atom is 0.0315 e. The summed E-state index contributed by atoms with van der Waals surface area (Å²) in [6.07, 6.45) is 7.79. The Bertz CT molecular complexity index is 358. The van der Waals surface area contributed by atoms with Crippen LogP contribution in [0.2, 0.25) is 0 Å². The van der Waals surface area contributed by atoms with Crippen molar-refractivity contribution in [3.05, 3.63) is 29.6 Å². The molecule has 1 atom stereocenters.